The maximum Gasteiger partial charge on any atom is 0.421 e. The summed E-state index contributed by atoms with van der Waals surface area (Å²) in [5.74, 6) is 0. The lowest BCUT2D eigenvalue weighted by Gasteiger charge is -2.07. The fourth-order valence-corrected chi connectivity index (χ4v) is 2.16. The van der Waals surface area contributed by atoms with Crippen molar-refractivity contribution in [2.24, 2.45) is 0 Å². The maximum atomic E-state index is 11.8. The molecular formula is C13H17NO4S. The standard InChI is InChI=1S/C13H17NO4S/c1-3-4-5-10-18-13(15)14-19(16,17)12-8-6-11(2)7-9-12/h4-9H,3,10H2,1-2H3,(H,14,15)/b5-4+. The third-order valence-electron chi connectivity index (χ3n) is 2.26. The van der Waals surface area contributed by atoms with Crippen LogP contribution in [0.3, 0.4) is 0 Å². The fourth-order valence-electron chi connectivity index (χ4n) is 1.27. The molecule has 0 unspecified atom stereocenters. The highest BCUT2D eigenvalue weighted by Gasteiger charge is 2.17. The summed E-state index contributed by atoms with van der Waals surface area (Å²) < 4.78 is 30.2. The highest BCUT2D eigenvalue weighted by atomic mass is 32.2. The average Bonchev–Trinajstić information content (AvgIpc) is 2.34. The van der Waals surface area contributed by atoms with Crippen molar-refractivity contribution in [3.8, 4) is 0 Å². The number of sulfonamides is 1. The topological polar surface area (TPSA) is 72.5 Å². The van der Waals surface area contributed by atoms with Crippen LogP contribution in [0, 0.1) is 6.92 Å². The Hall–Kier alpha value is -1.82. The summed E-state index contributed by atoms with van der Waals surface area (Å²) in [5, 5.41) is 0. The highest BCUT2D eigenvalue weighted by molar-refractivity contribution is 7.90. The quantitative estimate of drug-likeness (QED) is 0.842. The van der Waals surface area contributed by atoms with E-state index in [1.807, 2.05) is 24.6 Å². The zero-order valence-corrected chi connectivity index (χ0v) is 11.7. The smallest absolute Gasteiger partial charge is 0.421 e. The van der Waals surface area contributed by atoms with Gasteiger partial charge in [0.05, 0.1) is 4.90 Å². The van der Waals surface area contributed by atoms with E-state index in [-0.39, 0.29) is 11.5 Å². The van der Waals surface area contributed by atoms with Crippen molar-refractivity contribution in [3.05, 3.63) is 42.0 Å². The van der Waals surface area contributed by atoms with Gasteiger partial charge < -0.3 is 4.74 Å². The number of hydrogen-bond acceptors (Lipinski definition) is 4. The summed E-state index contributed by atoms with van der Waals surface area (Å²) in [6, 6.07) is 6.18. The van der Waals surface area contributed by atoms with Crippen LogP contribution in [0.25, 0.3) is 0 Å². The van der Waals surface area contributed by atoms with Crippen LogP contribution < -0.4 is 4.72 Å². The minimum absolute atomic E-state index is 0.0270. The molecule has 0 fully saturated rings. The number of benzene rings is 1. The number of carbonyl (C=O) groups excluding carboxylic acids is 1. The zero-order valence-electron chi connectivity index (χ0n) is 10.9. The molecule has 0 aliphatic carbocycles. The molecule has 19 heavy (non-hydrogen) atoms. The average molecular weight is 283 g/mol. The minimum Gasteiger partial charge on any atom is -0.445 e. The number of carbonyl (C=O) groups is 1. The molecule has 1 amide bonds. The predicted molar refractivity (Wildman–Crippen MR) is 72.3 cm³/mol. The second-order valence-electron chi connectivity index (χ2n) is 3.90. The Labute approximate surface area is 113 Å². The van der Waals surface area contributed by atoms with E-state index < -0.39 is 16.1 Å². The van der Waals surface area contributed by atoms with Gasteiger partial charge in [-0.2, -0.15) is 0 Å². The van der Waals surface area contributed by atoms with Crippen LogP contribution in [0.1, 0.15) is 18.9 Å². The monoisotopic (exact) mass is 283 g/mol. The normalized spacial score (nSPS) is 11.5. The van der Waals surface area contributed by atoms with E-state index >= 15 is 0 Å². The Morgan fingerprint density at radius 3 is 2.47 bits per heavy atom. The third-order valence-corrected chi connectivity index (χ3v) is 3.59. The van der Waals surface area contributed by atoms with E-state index in [0.29, 0.717) is 0 Å². The SMILES string of the molecule is CC/C=C/COC(=O)NS(=O)(=O)c1ccc(C)cc1. The van der Waals surface area contributed by atoms with E-state index in [4.69, 9.17) is 4.74 Å². The Kier molecular flexibility index (Phi) is 5.57. The molecule has 1 N–H and O–H groups in total. The third kappa shape index (κ3) is 5.13. The van der Waals surface area contributed by atoms with Gasteiger partial charge in [-0.05, 0) is 25.5 Å². The second-order valence-corrected chi connectivity index (χ2v) is 5.58. The number of rotatable bonds is 5. The van der Waals surface area contributed by atoms with E-state index in [1.165, 1.54) is 12.1 Å². The lowest BCUT2D eigenvalue weighted by atomic mass is 10.2. The van der Waals surface area contributed by atoms with Gasteiger partial charge in [-0.1, -0.05) is 36.8 Å². The van der Waals surface area contributed by atoms with E-state index in [9.17, 15) is 13.2 Å². The molecule has 0 saturated heterocycles. The van der Waals surface area contributed by atoms with Crippen LogP contribution in [-0.4, -0.2) is 21.1 Å². The Balaban J connectivity index is 2.62. The Morgan fingerprint density at radius 1 is 1.26 bits per heavy atom. The van der Waals surface area contributed by atoms with Gasteiger partial charge in [0.1, 0.15) is 6.61 Å². The molecule has 1 aromatic carbocycles. The Morgan fingerprint density at radius 2 is 1.89 bits per heavy atom. The van der Waals surface area contributed by atoms with E-state index in [1.54, 1.807) is 18.2 Å². The number of ether oxygens (including phenoxy) is 1. The van der Waals surface area contributed by atoms with Gasteiger partial charge in [-0.3, -0.25) is 0 Å². The van der Waals surface area contributed by atoms with Crippen molar-refractivity contribution in [1.82, 2.24) is 4.72 Å². The van der Waals surface area contributed by atoms with Gasteiger partial charge in [-0.25, -0.2) is 17.9 Å². The lowest BCUT2D eigenvalue weighted by Crippen LogP contribution is -2.31. The molecule has 0 radical (unpaired) electrons. The summed E-state index contributed by atoms with van der Waals surface area (Å²) in [7, 11) is -3.87. The van der Waals surface area contributed by atoms with E-state index in [2.05, 4.69) is 0 Å². The first-order chi connectivity index (χ1) is 8.95. The molecule has 0 atom stereocenters. The fraction of sp³-hybridized carbons (Fsp3) is 0.308. The first-order valence-electron chi connectivity index (χ1n) is 5.87. The van der Waals surface area contributed by atoms with E-state index in [0.717, 1.165) is 12.0 Å². The summed E-state index contributed by atoms with van der Waals surface area (Å²) >= 11 is 0. The van der Waals surface area contributed by atoms with Crippen molar-refractivity contribution in [3.63, 3.8) is 0 Å². The molecule has 0 spiro atoms. The van der Waals surface area contributed by atoms with Crippen LogP contribution in [0.5, 0.6) is 0 Å². The molecule has 0 aliphatic rings. The highest BCUT2D eigenvalue weighted by Crippen LogP contribution is 2.09. The van der Waals surface area contributed by atoms with Crippen LogP contribution in [0.4, 0.5) is 4.79 Å². The molecule has 104 valence electrons. The van der Waals surface area contributed by atoms with Gasteiger partial charge in [-0.15, -0.1) is 0 Å². The Bertz CT molecular complexity index is 547. The number of nitrogens with one attached hydrogen (secondary N) is 1. The second kappa shape index (κ2) is 6.94. The molecular weight excluding hydrogens is 266 g/mol. The van der Waals surface area contributed by atoms with Gasteiger partial charge >= 0.3 is 6.09 Å². The molecule has 0 heterocycles. The van der Waals surface area contributed by atoms with Crippen LogP contribution in [-0.2, 0) is 14.8 Å². The van der Waals surface area contributed by atoms with Crippen LogP contribution >= 0.6 is 0 Å². The summed E-state index contributed by atoms with van der Waals surface area (Å²) in [4.78, 5) is 11.3. The molecule has 6 heteroatoms. The summed E-state index contributed by atoms with van der Waals surface area (Å²) in [5.41, 5.74) is 0.936. The van der Waals surface area contributed by atoms with Gasteiger partial charge in [0.15, 0.2) is 0 Å². The minimum atomic E-state index is -3.87. The van der Waals surface area contributed by atoms with Crippen molar-refractivity contribution in [2.75, 3.05) is 6.61 Å². The summed E-state index contributed by atoms with van der Waals surface area (Å²) in [6.45, 7) is 3.83. The maximum absolute atomic E-state index is 11.8. The number of aryl methyl sites for hydroxylation is 1. The van der Waals surface area contributed by atoms with Crippen molar-refractivity contribution < 1.29 is 17.9 Å². The predicted octanol–water partition coefficient (Wildman–Crippen LogP) is 2.38. The van der Waals surface area contributed by atoms with Crippen molar-refractivity contribution in [1.29, 1.82) is 0 Å². The molecule has 1 rings (SSSR count). The number of allylic oxidation sites excluding steroid dienone is 1. The molecule has 0 aliphatic heterocycles. The van der Waals surface area contributed by atoms with Crippen molar-refractivity contribution >= 4 is 16.1 Å². The van der Waals surface area contributed by atoms with Crippen LogP contribution in [0.15, 0.2) is 41.3 Å². The lowest BCUT2D eigenvalue weighted by molar-refractivity contribution is 0.165. The molecule has 1 aromatic rings. The molecule has 0 aromatic heterocycles. The largest absolute Gasteiger partial charge is 0.445 e. The number of amides is 1. The van der Waals surface area contributed by atoms with Gasteiger partial charge in [0.2, 0.25) is 0 Å². The zero-order chi connectivity index (χ0) is 14.3. The molecule has 0 bridgehead atoms. The van der Waals surface area contributed by atoms with Gasteiger partial charge in [0.25, 0.3) is 10.0 Å². The van der Waals surface area contributed by atoms with Gasteiger partial charge in [0, 0.05) is 0 Å². The molecule has 5 nitrogen and oxygen atoms in total. The van der Waals surface area contributed by atoms with Crippen LogP contribution in [0.2, 0.25) is 0 Å². The first kappa shape index (κ1) is 15.2. The van der Waals surface area contributed by atoms with Crippen molar-refractivity contribution in [2.45, 2.75) is 25.2 Å². The first-order valence-corrected chi connectivity index (χ1v) is 7.35. The molecule has 0 saturated carbocycles. The number of hydrogen-bond donors (Lipinski definition) is 1. The summed E-state index contributed by atoms with van der Waals surface area (Å²) in [6.07, 6.45) is 3.31.